The van der Waals surface area contributed by atoms with E-state index in [2.05, 4.69) is 38.0 Å². The second-order valence-electron chi connectivity index (χ2n) is 7.43. The van der Waals surface area contributed by atoms with Gasteiger partial charge in [0.25, 0.3) is 0 Å². The van der Waals surface area contributed by atoms with Crippen molar-refractivity contribution in [2.24, 2.45) is 17.8 Å². The molecule has 5 heteroatoms. The summed E-state index contributed by atoms with van der Waals surface area (Å²) in [6.07, 6.45) is 3.85. The molecule has 1 saturated carbocycles. The molecule has 0 spiro atoms. The quantitative estimate of drug-likeness (QED) is 0.859. The van der Waals surface area contributed by atoms with Gasteiger partial charge in [0.1, 0.15) is 0 Å². The molecule has 1 N–H and O–H groups in total. The average molecular weight is 317 g/mol. The predicted octanol–water partition coefficient (Wildman–Crippen LogP) is 1.77. The number of rotatable bonds is 4. The highest BCUT2D eigenvalue weighted by Crippen LogP contribution is 2.34. The van der Waals surface area contributed by atoms with Gasteiger partial charge in [-0.3, -0.25) is 4.90 Å². The van der Waals surface area contributed by atoms with E-state index in [1.54, 1.807) is 0 Å². The Hall–Kier alpha value is -0.130. The zero-order chi connectivity index (χ0) is 15.6. The Bertz CT molecular complexity index is 436. The highest BCUT2D eigenvalue weighted by Gasteiger charge is 2.35. The Kier molecular flexibility index (Phi) is 5.71. The molecule has 4 unspecified atom stereocenters. The third-order valence-electron chi connectivity index (χ3n) is 5.61. The summed E-state index contributed by atoms with van der Waals surface area (Å²) in [6, 6.07) is 0.756. The number of nitrogens with zero attached hydrogens (tertiary/aromatic N) is 1. The van der Waals surface area contributed by atoms with E-state index in [1.165, 1.54) is 19.3 Å². The molecule has 0 aromatic rings. The van der Waals surface area contributed by atoms with Crippen LogP contribution in [0, 0.1) is 17.8 Å². The summed E-state index contributed by atoms with van der Waals surface area (Å²) in [6.45, 7) is 8.48. The summed E-state index contributed by atoms with van der Waals surface area (Å²) in [7, 11) is -0.739. The van der Waals surface area contributed by atoms with Gasteiger partial charge < -0.3 is 5.32 Å². The molecular weight excluding hydrogens is 284 g/mol. The molecule has 2 fully saturated rings. The number of hydrogen-bond donors (Lipinski definition) is 1. The van der Waals surface area contributed by atoms with Crippen LogP contribution in [-0.2, 0) is 9.84 Å². The highest BCUT2D eigenvalue weighted by atomic mass is 32.2. The molecule has 1 aliphatic heterocycles. The summed E-state index contributed by atoms with van der Waals surface area (Å²) in [4.78, 5) is 2.40. The molecular formula is C16H32N2O2S. The minimum Gasteiger partial charge on any atom is -0.317 e. The van der Waals surface area contributed by atoms with Crippen molar-refractivity contribution in [3.8, 4) is 0 Å². The van der Waals surface area contributed by atoms with Gasteiger partial charge in [-0.05, 0) is 51.0 Å². The van der Waals surface area contributed by atoms with E-state index in [9.17, 15) is 8.42 Å². The van der Waals surface area contributed by atoms with Gasteiger partial charge in [0.05, 0.1) is 11.5 Å². The van der Waals surface area contributed by atoms with Gasteiger partial charge in [-0.25, -0.2) is 8.42 Å². The summed E-state index contributed by atoms with van der Waals surface area (Å²) >= 11 is 0. The molecule has 4 nitrogen and oxygen atoms in total. The first kappa shape index (κ1) is 17.2. The van der Waals surface area contributed by atoms with Crippen LogP contribution in [0.25, 0.3) is 0 Å². The predicted molar refractivity (Wildman–Crippen MR) is 88.2 cm³/mol. The molecule has 4 atom stereocenters. The van der Waals surface area contributed by atoms with Crippen LogP contribution in [0.2, 0.25) is 0 Å². The van der Waals surface area contributed by atoms with Gasteiger partial charge in [0, 0.05) is 25.2 Å². The number of nitrogens with one attached hydrogen (secondary N) is 1. The zero-order valence-electron chi connectivity index (χ0n) is 14.0. The maximum Gasteiger partial charge on any atom is 0.153 e. The Labute approximate surface area is 130 Å². The van der Waals surface area contributed by atoms with E-state index >= 15 is 0 Å². The maximum atomic E-state index is 11.7. The van der Waals surface area contributed by atoms with Crippen molar-refractivity contribution < 1.29 is 8.42 Å². The molecule has 1 saturated heterocycles. The van der Waals surface area contributed by atoms with E-state index in [0.29, 0.717) is 30.0 Å². The Morgan fingerprint density at radius 2 is 2.00 bits per heavy atom. The topological polar surface area (TPSA) is 49.4 Å². The van der Waals surface area contributed by atoms with Crippen LogP contribution in [-0.4, -0.2) is 57.0 Å². The molecule has 1 aliphatic carbocycles. The van der Waals surface area contributed by atoms with Crippen molar-refractivity contribution in [1.29, 1.82) is 0 Å². The zero-order valence-corrected chi connectivity index (χ0v) is 14.8. The lowest BCUT2D eigenvalue weighted by Crippen LogP contribution is -2.52. The normalized spacial score (nSPS) is 37.8. The molecule has 2 aliphatic rings. The molecule has 21 heavy (non-hydrogen) atoms. The maximum absolute atomic E-state index is 11.7. The second kappa shape index (κ2) is 6.97. The van der Waals surface area contributed by atoms with Crippen LogP contribution in [0.1, 0.15) is 40.0 Å². The SMILES string of the molecule is CNC1CCC(C(C)C)CC1CN1CCS(=O)(=O)CC1C. The van der Waals surface area contributed by atoms with Gasteiger partial charge >= 0.3 is 0 Å². The van der Waals surface area contributed by atoms with Gasteiger partial charge in [-0.2, -0.15) is 0 Å². The summed E-state index contributed by atoms with van der Waals surface area (Å²) in [5.41, 5.74) is 0. The monoisotopic (exact) mass is 316 g/mol. The first-order valence-electron chi connectivity index (χ1n) is 8.44. The Balaban J connectivity index is 1.98. The Morgan fingerprint density at radius 1 is 1.29 bits per heavy atom. The third-order valence-corrected chi connectivity index (χ3v) is 7.41. The fourth-order valence-electron chi connectivity index (χ4n) is 4.09. The summed E-state index contributed by atoms with van der Waals surface area (Å²) < 4.78 is 23.4. The van der Waals surface area contributed by atoms with Gasteiger partial charge in [-0.1, -0.05) is 13.8 Å². The fourth-order valence-corrected chi connectivity index (χ4v) is 5.72. The lowest BCUT2D eigenvalue weighted by Gasteiger charge is -2.42. The molecule has 0 amide bonds. The van der Waals surface area contributed by atoms with Gasteiger partial charge in [0.2, 0.25) is 0 Å². The summed E-state index contributed by atoms with van der Waals surface area (Å²) in [5, 5.41) is 3.49. The summed E-state index contributed by atoms with van der Waals surface area (Å²) in [5.74, 6) is 2.90. The van der Waals surface area contributed by atoms with Crippen molar-refractivity contribution in [2.75, 3.05) is 31.6 Å². The molecule has 0 bridgehead atoms. The van der Waals surface area contributed by atoms with Crippen LogP contribution < -0.4 is 5.32 Å². The molecule has 0 radical (unpaired) electrons. The van der Waals surface area contributed by atoms with Crippen LogP contribution in [0.3, 0.4) is 0 Å². The van der Waals surface area contributed by atoms with Crippen LogP contribution in [0.5, 0.6) is 0 Å². The molecule has 2 rings (SSSR count). The fraction of sp³-hybridized carbons (Fsp3) is 1.00. The van der Waals surface area contributed by atoms with Crippen molar-refractivity contribution in [3.05, 3.63) is 0 Å². The molecule has 0 aromatic carbocycles. The van der Waals surface area contributed by atoms with Crippen molar-refractivity contribution in [2.45, 2.75) is 52.1 Å². The van der Waals surface area contributed by atoms with Crippen LogP contribution >= 0.6 is 0 Å². The van der Waals surface area contributed by atoms with Crippen molar-refractivity contribution in [3.63, 3.8) is 0 Å². The lowest BCUT2D eigenvalue weighted by atomic mass is 9.73. The smallest absolute Gasteiger partial charge is 0.153 e. The van der Waals surface area contributed by atoms with Gasteiger partial charge in [-0.15, -0.1) is 0 Å². The molecule has 1 heterocycles. The first-order valence-corrected chi connectivity index (χ1v) is 10.3. The van der Waals surface area contributed by atoms with E-state index in [1.807, 2.05) is 0 Å². The standard InChI is InChI=1S/C16H32N2O2S/c1-12(2)14-5-6-16(17-4)15(9-14)10-18-7-8-21(19,20)11-13(18)3/h12-17H,5-11H2,1-4H3. The minimum absolute atomic E-state index is 0.167. The number of sulfone groups is 1. The van der Waals surface area contributed by atoms with Gasteiger partial charge in [0.15, 0.2) is 9.84 Å². The van der Waals surface area contributed by atoms with Crippen molar-refractivity contribution >= 4 is 9.84 Å². The third kappa shape index (κ3) is 4.42. The largest absolute Gasteiger partial charge is 0.317 e. The molecule has 0 aromatic heterocycles. The Morgan fingerprint density at radius 3 is 2.57 bits per heavy atom. The first-order chi connectivity index (χ1) is 9.82. The lowest BCUT2D eigenvalue weighted by molar-refractivity contribution is 0.110. The minimum atomic E-state index is -2.81. The van der Waals surface area contributed by atoms with Crippen LogP contribution in [0.4, 0.5) is 0 Å². The van der Waals surface area contributed by atoms with E-state index in [4.69, 9.17) is 0 Å². The molecule has 124 valence electrons. The highest BCUT2D eigenvalue weighted by molar-refractivity contribution is 7.91. The number of hydrogen-bond acceptors (Lipinski definition) is 4. The average Bonchev–Trinajstić information content (AvgIpc) is 2.41. The van der Waals surface area contributed by atoms with E-state index in [0.717, 1.165) is 18.4 Å². The van der Waals surface area contributed by atoms with Crippen molar-refractivity contribution in [1.82, 2.24) is 10.2 Å². The van der Waals surface area contributed by atoms with E-state index in [-0.39, 0.29) is 6.04 Å². The van der Waals surface area contributed by atoms with Crippen LogP contribution in [0.15, 0.2) is 0 Å². The second-order valence-corrected chi connectivity index (χ2v) is 9.66. The van der Waals surface area contributed by atoms with E-state index < -0.39 is 9.84 Å².